The minimum atomic E-state index is -3.67. The molecule has 0 saturated carbocycles. The molecule has 30 heavy (non-hydrogen) atoms. The van der Waals surface area contributed by atoms with Crippen LogP contribution in [0.1, 0.15) is 17.0 Å². The fourth-order valence-corrected chi connectivity index (χ4v) is 5.95. The third-order valence-corrected chi connectivity index (χ3v) is 7.86. The number of para-hydroxylation sites is 1. The summed E-state index contributed by atoms with van der Waals surface area (Å²) in [6.07, 6.45) is 2.29. The Kier molecular flexibility index (Phi) is 5.06. The van der Waals surface area contributed by atoms with Crippen LogP contribution < -0.4 is 0 Å². The van der Waals surface area contributed by atoms with Crippen LogP contribution in [-0.4, -0.2) is 65.2 Å². The van der Waals surface area contributed by atoms with E-state index in [0.717, 1.165) is 55.2 Å². The second-order valence-corrected chi connectivity index (χ2v) is 9.71. The van der Waals surface area contributed by atoms with Crippen molar-refractivity contribution in [3.63, 3.8) is 0 Å². The smallest absolute Gasteiger partial charge is 0.245 e. The molecule has 0 amide bonds. The van der Waals surface area contributed by atoms with Crippen molar-refractivity contribution in [2.75, 3.05) is 32.8 Å². The average Bonchev–Trinajstić information content (AvgIpc) is 3.08. The van der Waals surface area contributed by atoms with Crippen molar-refractivity contribution in [2.24, 2.45) is 7.05 Å². The van der Waals surface area contributed by atoms with E-state index in [9.17, 15) is 8.42 Å². The van der Waals surface area contributed by atoms with Crippen LogP contribution in [-0.2, 0) is 41.3 Å². The molecule has 5 rings (SSSR count). The summed E-state index contributed by atoms with van der Waals surface area (Å²) >= 11 is 0. The zero-order chi connectivity index (χ0) is 20.7. The van der Waals surface area contributed by atoms with E-state index in [2.05, 4.69) is 9.88 Å². The molecule has 1 aromatic carbocycles. The van der Waals surface area contributed by atoms with Gasteiger partial charge in [0.2, 0.25) is 10.0 Å². The van der Waals surface area contributed by atoms with Crippen LogP contribution in [0.25, 0.3) is 10.9 Å². The summed E-state index contributed by atoms with van der Waals surface area (Å²) in [4.78, 5) is 6.92. The topological polar surface area (TPSA) is 80.6 Å². The van der Waals surface area contributed by atoms with Crippen LogP contribution in [0.15, 0.2) is 41.4 Å². The monoisotopic (exact) mass is 427 g/mol. The lowest BCUT2D eigenvalue weighted by molar-refractivity contribution is 0.0334. The highest BCUT2D eigenvalue weighted by Gasteiger charge is 2.33. The van der Waals surface area contributed by atoms with Crippen molar-refractivity contribution in [2.45, 2.75) is 24.4 Å². The summed E-state index contributed by atoms with van der Waals surface area (Å²) in [7, 11) is -1.73. The second kappa shape index (κ2) is 7.73. The third kappa shape index (κ3) is 3.41. The van der Waals surface area contributed by atoms with Crippen molar-refractivity contribution in [3.8, 4) is 0 Å². The molecule has 2 aromatic heterocycles. The van der Waals surface area contributed by atoms with Gasteiger partial charge in [-0.05, 0) is 12.1 Å². The number of hydrogen-bond acceptors (Lipinski definition) is 6. The van der Waals surface area contributed by atoms with E-state index < -0.39 is 10.0 Å². The first-order chi connectivity index (χ1) is 14.5. The lowest BCUT2D eigenvalue weighted by Gasteiger charge is -2.29. The number of benzene rings is 1. The molecule has 2 aliphatic heterocycles. The molecular weight excluding hydrogens is 402 g/mol. The molecule has 3 aromatic rings. The fourth-order valence-electron chi connectivity index (χ4n) is 4.37. The molecule has 0 bridgehead atoms. The first kappa shape index (κ1) is 19.6. The minimum Gasteiger partial charge on any atom is -0.379 e. The van der Waals surface area contributed by atoms with Crippen LogP contribution in [0.2, 0.25) is 0 Å². The first-order valence-corrected chi connectivity index (χ1v) is 11.7. The number of hydrogen-bond donors (Lipinski definition) is 0. The van der Waals surface area contributed by atoms with Gasteiger partial charge in [0.25, 0.3) is 0 Å². The highest BCUT2D eigenvalue weighted by Crippen LogP contribution is 2.30. The Bertz CT molecular complexity index is 1180. The van der Waals surface area contributed by atoms with Crippen molar-refractivity contribution in [1.82, 2.24) is 24.0 Å². The maximum atomic E-state index is 13.6. The number of fused-ring (bicyclic) bond motifs is 2. The molecule has 0 N–H and O–H groups in total. The second-order valence-electron chi connectivity index (χ2n) is 7.80. The van der Waals surface area contributed by atoms with Crippen LogP contribution in [0.4, 0.5) is 0 Å². The van der Waals surface area contributed by atoms with Crippen molar-refractivity contribution >= 4 is 20.9 Å². The summed E-state index contributed by atoms with van der Waals surface area (Å²) in [5.74, 6) is 0. The van der Waals surface area contributed by atoms with Crippen molar-refractivity contribution < 1.29 is 13.2 Å². The summed E-state index contributed by atoms with van der Waals surface area (Å²) in [5.41, 5.74) is 3.64. The Morgan fingerprint density at radius 3 is 2.73 bits per heavy atom. The number of aromatic nitrogens is 3. The van der Waals surface area contributed by atoms with Crippen molar-refractivity contribution in [3.05, 3.63) is 53.5 Å². The Balaban J connectivity index is 1.47. The summed E-state index contributed by atoms with van der Waals surface area (Å²) < 4.78 is 36.0. The van der Waals surface area contributed by atoms with Gasteiger partial charge in [-0.25, -0.2) is 8.42 Å². The quantitative estimate of drug-likeness (QED) is 0.629. The van der Waals surface area contributed by atoms with Gasteiger partial charge in [-0.3, -0.25) is 14.6 Å². The van der Waals surface area contributed by atoms with Gasteiger partial charge in [0.05, 0.1) is 24.4 Å². The Morgan fingerprint density at radius 1 is 1.10 bits per heavy atom. The van der Waals surface area contributed by atoms with E-state index >= 15 is 0 Å². The Labute approximate surface area is 176 Å². The van der Waals surface area contributed by atoms with Gasteiger partial charge in [-0.2, -0.15) is 9.40 Å². The summed E-state index contributed by atoms with van der Waals surface area (Å²) in [5, 5.41) is 5.55. The van der Waals surface area contributed by atoms with Gasteiger partial charge < -0.3 is 4.74 Å². The first-order valence-electron chi connectivity index (χ1n) is 10.2. The van der Waals surface area contributed by atoms with Crippen LogP contribution >= 0.6 is 0 Å². The molecule has 1 fully saturated rings. The zero-order valence-corrected chi connectivity index (χ0v) is 17.8. The standard InChI is InChI=1S/C21H25N5O3S/c1-24-19-7-9-26(14-17(19)18(23-24)15-25-10-12-29-13-11-25)30(27,28)20-6-2-4-16-5-3-8-22-21(16)20/h2-6,8H,7,9-15H2,1H3. The van der Waals surface area contributed by atoms with Gasteiger partial charge in [-0.15, -0.1) is 0 Å². The molecule has 1 saturated heterocycles. The zero-order valence-electron chi connectivity index (χ0n) is 17.0. The molecule has 0 radical (unpaired) electrons. The van der Waals surface area contributed by atoms with Gasteiger partial charge in [-0.1, -0.05) is 18.2 Å². The number of ether oxygens (including phenoxy) is 1. The molecule has 0 spiro atoms. The van der Waals surface area contributed by atoms with Gasteiger partial charge in [0.15, 0.2) is 0 Å². The molecule has 9 heteroatoms. The van der Waals surface area contributed by atoms with E-state index in [4.69, 9.17) is 9.84 Å². The molecule has 0 aliphatic carbocycles. The number of rotatable bonds is 4. The number of morpholine rings is 1. The molecule has 4 heterocycles. The van der Waals surface area contributed by atoms with E-state index in [1.165, 1.54) is 0 Å². The Morgan fingerprint density at radius 2 is 1.90 bits per heavy atom. The Hall–Kier alpha value is -2.33. The van der Waals surface area contributed by atoms with E-state index in [1.54, 1.807) is 22.6 Å². The predicted octanol–water partition coefficient (Wildman–Crippen LogP) is 1.55. The van der Waals surface area contributed by atoms with E-state index in [0.29, 0.717) is 25.0 Å². The number of aryl methyl sites for hydroxylation is 1. The molecular formula is C21H25N5O3S. The number of sulfonamides is 1. The maximum absolute atomic E-state index is 13.6. The maximum Gasteiger partial charge on any atom is 0.245 e. The molecule has 0 atom stereocenters. The SMILES string of the molecule is Cn1nc(CN2CCOCC2)c2c1CCN(S(=O)(=O)c1cccc3cccnc13)C2. The average molecular weight is 428 g/mol. The van der Waals surface area contributed by atoms with Gasteiger partial charge >= 0.3 is 0 Å². The van der Waals surface area contributed by atoms with Gasteiger partial charge in [0, 0.05) is 69.0 Å². The summed E-state index contributed by atoms with van der Waals surface area (Å²) in [6.45, 7) is 4.69. The normalized spacial score (nSPS) is 18.6. The van der Waals surface area contributed by atoms with Crippen LogP contribution in [0.3, 0.4) is 0 Å². The van der Waals surface area contributed by atoms with E-state index in [1.807, 2.05) is 29.9 Å². The highest BCUT2D eigenvalue weighted by molar-refractivity contribution is 7.89. The molecule has 2 aliphatic rings. The van der Waals surface area contributed by atoms with Crippen LogP contribution in [0.5, 0.6) is 0 Å². The molecule has 158 valence electrons. The van der Waals surface area contributed by atoms with Crippen molar-refractivity contribution in [1.29, 1.82) is 0 Å². The fraction of sp³-hybridized carbons (Fsp3) is 0.429. The summed E-state index contributed by atoms with van der Waals surface area (Å²) in [6, 6.07) is 9.02. The van der Waals surface area contributed by atoms with Crippen LogP contribution in [0, 0.1) is 0 Å². The highest BCUT2D eigenvalue weighted by atomic mass is 32.2. The minimum absolute atomic E-state index is 0.266. The largest absolute Gasteiger partial charge is 0.379 e. The third-order valence-electron chi connectivity index (χ3n) is 5.98. The predicted molar refractivity (Wildman–Crippen MR) is 112 cm³/mol. The lowest BCUT2D eigenvalue weighted by atomic mass is 10.1. The number of pyridine rings is 1. The van der Waals surface area contributed by atoms with Gasteiger partial charge in [0.1, 0.15) is 4.90 Å². The lowest BCUT2D eigenvalue weighted by Crippen LogP contribution is -2.38. The van der Waals surface area contributed by atoms with E-state index in [-0.39, 0.29) is 4.90 Å². The molecule has 0 unspecified atom stereocenters. The molecule has 8 nitrogen and oxygen atoms in total. The number of nitrogens with zero attached hydrogens (tertiary/aromatic N) is 5.